The van der Waals surface area contributed by atoms with E-state index in [1.165, 1.54) is 12.1 Å². The van der Waals surface area contributed by atoms with Gasteiger partial charge in [-0.1, -0.05) is 6.07 Å². The zero-order valence-electron chi connectivity index (χ0n) is 11.0. The summed E-state index contributed by atoms with van der Waals surface area (Å²) >= 11 is 1.09. The number of thiophene rings is 1. The molecule has 1 amide bonds. The van der Waals surface area contributed by atoms with Gasteiger partial charge in [-0.2, -0.15) is 13.2 Å². The summed E-state index contributed by atoms with van der Waals surface area (Å²) in [6, 6.07) is 5.38. The molecule has 0 spiro atoms. The first-order chi connectivity index (χ1) is 9.95. The fourth-order valence-electron chi connectivity index (χ4n) is 2.45. The van der Waals surface area contributed by atoms with Crippen molar-refractivity contribution < 1.29 is 18.0 Å². The fraction of sp³-hybridized carbons (Fsp3) is 0.357. The summed E-state index contributed by atoms with van der Waals surface area (Å²) in [5, 5.41) is 6.05. The molecule has 1 fully saturated rings. The third kappa shape index (κ3) is 2.89. The van der Waals surface area contributed by atoms with E-state index in [0.717, 1.165) is 30.4 Å². The highest BCUT2D eigenvalue weighted by Crippen LogP contribution is 2.37. The monoisotopic (exact) mass is 314 g/mol. The molecule has 0 radical (unpaired) electrons. The van der Waals surface area contributed by atoms with Gasteiger partial charge in [0.2, 0.25) is 0 Å². The lowest BCUT2D eigenvalue weighted by atomic mass is 10.1. The van der Waals surface area contributed by atoms with E-state index in [2.05, 4.69) is 10.6 Å². The van der Waals surface area contributed by atoms with Crippen LogP contribution in [0.3, 0.4) is 0 Å². The summed E-state index contributed by atoms with van der Waals surface area (Å²) in [7, 11) is 0. The predicted octanol–water partition coefficient (Wildman–Crippen LogP) is 3.01. The zero-order valence-corrected chi connectivity index (χ0v) is 11.8. The number of carbonyl (C=O) groups excluding carboxylic acids is 1. The lowest BCUT2D eigenvalue weighted by Crippen LogP contribution is -2.35. The van der Waals surface area contributed by atoms with Gasteiger partial charge in [0.15, 0.2) is 0 Å². The van der Waals surface area contributed by atoms with Crippen LogP contribution in [-0.2, 0) is 6.18 Å². The van der Waals surface area contributed by atoms with Crippen molar-refractivity contribution in [3.8, 4) is 0 Å². The summed E-state index contributed by atoms with van der Waals surface area (Å²) in [4.78, 5) is 12.4. The summed E-state index contributed by atoms with van der Waals surface area (Å²) in [5.41, 5.74) is -0.696. The van der Waals surface area contributed by atoms with Gasteiger partial charge < -0.3 is 10.6 Å². The average molecular weight is 314 g/mol. The Morgan fingerprint density at radius 1 is 1.38 bits per heavy atom. The third-order valence-corrected chi connectivity index (χ3v) is 4.59. The average Bonchev–Trinajstić information content (AvgIpc) is 3.04. The van der Waals surface area contributed by atoms with Crippen molar-refractivity contribution in [1.29, 1.82) is 0 Å². The second-order valence-electron chi connectivity index (χ2n) is 4.99. The lowest BCUT2D eigenvalue weighted by Gasteiger charge is -2.09. The molecular weight excluding hydrogens is 301 g/mol. The number of hydrogen-bond donors (Lipinski definition) is 2. The number of fused-ring (bicyclic) bond motifs is 1. The molecule has 2 N–H and O–H groups in total. The molecule has 1 aromatic carbocycles. The number of hydrogen-bond acceptors (Lipinski definition) is 3. The van der Waals surface area contributed by atoms with Gasteiger partial charge in [0, 0.05) is 22.7 Å². The number of carbonyl (C=O) groups is 1. The molecule has 1 atom stereocenters. The number of nitrogens with one attached hydrogen (secondary N) is 2. The molecule has 7 heteroatoms. The standard InChI is InChI=1S/C14H13F3N2OS/c15-14(16,17)10-2-1-3-11-9(10)6-12(21-11)13(20)19-8-4-5-18-7-8/h1-3,6,8,18H,4-5,7H2,(H,19,20)/t8-/m0/s1. The molecular formula is C14H13F3N2OS. The van der Waals surface area contributed by atoms with Crippen LogP contribution in [0, 0.1) is 0 Å². The van der Waals surface area contributed by atoms with Crippen molar-refractivity contribution in [1.82, 2.24) is 10.6 Å². The SMILES string of the molecule is O=C(N[C@H]1CCNC1)c1cc2c(C(F)(F)F)cccc2s1. The molecule has 112 valence electrons. The Hall–Kier alpha value is -1.60. The smallest absolute Gasteiger partial charge is 0.347 e. The number of amides is 1. The molecule has 0 saturated carbocycles. The molecule has 3 nitrogen and oxygen atoms in total. The van der Waals surface area contributed by atoms with E-state index < -0.39 is 11.7 Å². The van der Waals surface area contributed by atoms with E-state index >= 15 is 0 Å². The summed E-state index contributed by atoms with van der Waals surface area (Å²) in [6.07, 6.45) is -3.58. The highest BCUT2D eigenvalue weighted by atomic mass is 32.1. The van der Waals surface area contributed by atoms with Crippen LogP contribution in [-0.4, -0.2) is 25.0 Å². The number of alkyl halides is 3. The fourth-order valence-corrected chi connectivity index (χ4v) is 3.45. The van der Waals surface area contributed by atoms with Crippen LogP contribution in [0.5, 0.6) is 0 Å². The molecule has 1 aromatic heterocycles. The highest BCUT2D eigenvalue weighted by Gasteiger charge is 2.33. The second-order valence-corrected chi connectivity index (χ2v) is 6.07. The Labute approximate surface area is 123 Å². The van der Waals surface area contributed by atoms with E-state index in [4.69, 9.17) is 0 Å². The van der Waals surface area contributed by atoms with Gasteiger partial charge in [-0.05, 0) is 31.2 Å². The minimum atomic E-state index is -4.41. The van der Waals surface area contributed by atoms with E-state index in [9.17, 15) is 18.0 Å². The molecule has 21 heavy (non-hydrogen) atoms. The zero-order chi connectivity index (χ0) is 15.0. The van der Waals surface area contributed by atoms with Crippen molar-refractivity contribution in [2.24, 2.45) is 0 Å². The van der Waals surface area contributed by atoms with E-state index in [1.807, 2.05) is 0 Å². The lowest BCUT2D eigenvalue weighted by molar-refractivity contribution is -0.136. The largest absolute Gasteiger partial charge is 0.417 e. The third-order valence-electron chi connectivity index (χ3n) is 3.49. The van der Waals surface area contributed by atoms with Gasteiger partial charge in [-0.3, -0.25) is 4.79 Å². The van der Waals surface area contributed by atoms with Crippen LogP contribution in [0.2, 0.25) is 0 Å². The maximum atomic E-state index is 13.0. The maximum Gasteiger partial charge on any atom is 0.417 e. The molecule has 1 aliphatic heterocycles. The number of rotatable bonds is 2. The Bertz CT molecular complexity index is 674. The van der Waals surface area contributed by atoms with Gasteiger partial charge >= 0.3 is 6.18 Å². The van der Waals surface area contributed by atoms with Crippen LogP contribution < -0.4 is 10.6 Å². The maximum absolute atomic E-state index is 13.0. The first-order valence-corrected chi connectivity index (χ1v) is 7.38. The summed E-state index contributed by atoms with van der Waals surface area (Å²) in [6.45, 7) is 1.54. The van der Waals surface area contributed by atoms with Crippen molar-refractivity contribution in [2.75, 3.05) is 13.1 Å². The second kappa shape index (κ2) is 5.31. The Morgan fingerprint density at radius 2 is 2.19 bits per heavy atom. The number of benzene rings is 1. The van der Waals surface area contributed by atoms with Gasteiger partial charge in [0.25, 0.3) is 5.91 Å². The number of halogens is 3. The Kier molecular flexibility index (Phi) is 3.62. The van der Waals surface area contributed by atoms with Crippen LogP contribution in [0.25, 0.3) is 10.1 Å². The Balaban J connectivity index is 1.92. The quantitative estimate of drug-likeness (QED) is 0.895. The molecule has 0 aliphatic carbocycles. The van der Waals surface area contributed by atoms with Crippen LogP contribution in [0.1, 0.15) is 21.7 Å². The first-order valence-electron chi connectivity index (χ1n) is 6.56. The highest BCUT2D eigenvalue weighted by molar-refractivity contribution is 7.20. The normalized spacial score (nSPS) is 19.1. The molecule has 1 saturated heterocycles. The van der Waals surface area contributed by atoms with Crippen LogP contribution >= 0.6 is 11.3 Å². The van der Waals surface area contributed by atoms with Crippen molar-refractivity contribution in [2.45, 2.75) is 18.6 Å². The Morgan fingerprint density at radius 3 is 2.86 bits per heavy atom. The van der Waals surface area contributed by atoms with Gasteiger partial charge in [-0.15, -0.1) is 11.3 Å². The molecule has 0 unspecified atom stereocenters. The van der Waals surface area contributed by atoms with E-state index in [0.29, 0.717) is 16.1 Å². The molecule has 2 aromatic rings. The van der Waals surface area contributed by atoms with Gasteiger partial charge in [-0.25, -0.2) is 0 Å². The minimum Gasteiger partial charge on any atom is -0.347 e. The summed E-state index contributed by atoms with van der Waals surface area (Å²) in [5.74, 6) is -0.307. The van der Waals surface area contributed by atoms with E-state index in [-0.39, 0.29) is 17.3 Å². The van der Waals surface area contributed by atoms with Crippen LogP contribution in [0.15, 0.2) is 24.3 Å². The molecule has 2 heterocycles. The summed E-state index contributed by atoms with van der Waals surface area (Å²) < 4.78 is 39.3. The van der Waals surface area contributed by atoms with E-state index in [1.54, 1.807) is 6.07 Å². The molecule has 1 aliphatic rings. The molecule has 3 rings (SSSR count). The minimum absolute atomic E-state index is 0.0461. The van der Waals surface area contributed by atoms with Crippen molar-refractivity contribution >= 4 is 27.3 Å². The predicted molar refractivity (Wildman–Crippen MR) is 75.6 cm³/mol. The van der Waals surface area contributed by atoms with Gasteiger partial charge in [0.05, 0.1) is 10.4 Å². The van der Waals surface area contributed by atoms with Crippen molar-refractivity contribution in [3.63, 3.8) is 0 Å². The molecule has 0 bridgehead atoms. The first kappa shape index (κ1) is 14.3. The van der Waals surface area contributed by atoms with Gasteiger partial charge in [0.1, 0.15) is 0 Å². The van der Waals surface area contributed by atoms with Crippen LogP contribution in [0.4, 0.5) is 13.2 Å². The topological polar surface area (TPSA) is 41.1 Å². The van der Waals surface area contributed by atoms with Crippen molar-refractivity contribution in [3.05, 3.63) is 34.7 Å².